The Kier molecular flexibility index (Phi) is 26.8. The SMILES string of the molecule is CC[C@H]1O[C@@H](n2cc(COCc3ccccc3[N+](=O)[O-])c3c(Cl)ncnc32)CC1O[Si](C)(C)C(C)(C)C.Nc1ncnc2c1c(COCc1ccccc1[N+](=O)[O-])cn2[C@H]1CC(O)[C@@H](CO)O1.Nc1ncnc2c1c(COCc1ccccc1[N+](=O)[O-])cn2[C@H]1CC(O)[C@@H](COP(=O)(O)OP(=O)(O)OP(=O)(O)O)O1. The number of ether oxygens (including phenoxy) is 6. The number of halogens is 1. The molecule has 0 spiro atoms. The molecule has 3 aliphatic heterocycles. The summed E-state index contributed by atoms with van der Waals surface area (Å²) in [5, 5.41) is 65.7. The van der Waals surface area contributed by atoms with Crippen LogP contribution in [0, 0.1) is 30.3 Å². The van der Waals surface area contributed by atoms with Crippen molar-refractivity contribution in [3.8, 4) is 0 Å². The number of phosphoric acid groups is 3. The van der Waals surface area contributed by atoms with Crippen molar-refractivity contribution < 1.29 is 109 Å². The summed E-state index contributed by atoms with van der Waals surface area (Å²) >= 11 is 6.50. The van der Waals surface area contributed by atoms with Gasteiger partial charge in [-0.2, -0.15) is 8.62 Å². The number of hydrogen-bond donors (Lipinski definition) is 9. The molecule has 3 aromatic carbocycles. The van der Waals surface area contributed by atoms with Gasteiger partial charge < -0.3 is 92.9 Å². The van der Waals surface area contributed by atoms with Gasteiger partial charge in [-0.25, -0.2) is 43.6 Å². The topological polar surface area (TPSA) is 559 Å². The van der Waals surface area contributed by atoms with Gasteiger partial charge in [-0.05, 0) is 42.8 Å². The van der Waals surface area contributed by atoms with E-state index in [0.717, 1.165) is 12.0 Å². The van der Waals surface area contributed by atoms with E-state index >= 15 is 0 Å². The van der Waals surface area contributed by atoms with Crippen molar-refractivity contribution in [1.29, 1.82) is 0 Å². The first-order chi connectivity index (χ1) is 51.5. The van der Waals surface area contributed by atoms with Crippen LogP contribution in [-0.2, 0) is 99.3 Å². The summed E-state index contributed by atoms with van der Waals surface area (Å²) in [6.45, 7) is 12.5. The normalized spacial score (nSPS) is 21.4. The monoisotopic (exact) mass is 1620 g/mol. The lowest BCUT2D eigenvalue weighted by Gasteiger charge is -2.39. The molecule has 0 aliphatic carbocycles. The largest absolute Gasteiger partial charge is 0.490 e. The average Bonchev–Trinajstić information content (AvgIpc) is 1.63. The highest BCUT2D eigenvalue weighted by Gasteiger charge is 2.47. The van der Waals surface area contributed by atoms with Crippen LogP contribution >= 0.6 is 35.1 Å². The number of anilines is 2. The zero-order valence-electron chi connectivity index (χ0n) is 59.2. The van der Waals surface area contributed by atoms with Gasteiger partial charge in [0.15, 0.2) is 8.32 Å². The van der Waals surface area contributed by atoms with E-state index in [0.29, 0.717) is 66.8 Å². The molecule has 40 nitrogen and oxygen atoms in total. The summed E-state index contributed by atoms with van der Waals surface area (Å²) < 4.78 is 93.5. The highest BCUT2D eigenvalue weighted by molar-refractivity contribution is 7.66. The van der Waals surface area contributed by atoms with Crippen molar-refractivity contribution >= 4 is 105 Å². The van der Waals surface area contributed by atoms with E-state index in [4.69, 9.17) is 65.7 Å². The molecule has 5 unspecified atom stereocenters. The van der Waals surface area contributed by atoms with Crippen LogP contribution in [0.4, 0.5) is 28.7 Å². The van der Waals surface area contributed by atoms with Crippen LogP contribution < -0.4 is 11.5 Å². The number of nitrogen functional groups attached to an aromatic ring is 2. The van der Waals surface area contributed by atoms with Gasteiger partial charge in [0, 0.05) is 72.7 Å². The summed E-state index contributed by atoms with van der Waals surface area (Å²) in [5.74, 6) is 0.353. The molecule has 3 aliphatic rings. The Balaban J connectivity index is 0.000000176. The van der Waals surface area contributed by atoms with E-state index in [9.17, 15) is 69.1 Å². The molecule has 109 heavy (non-hydrogen) atoms. The van der Waals surface area contributed by atoms with E-state index in [-0.39, 0.29) is 117 Å². The molecular formula is C64H80ClN14O26P3Si. The quantitative estimate of drug-likeness (QED) is 0.00692. The van der Waals surface area contributed by atoms with Crippen LogP contribution in [0.15, 0.2) is 110 Å². The fraction of sp³-hybridized carbons (Fsp3) is 0.438. The second-order valence-electron chi connectivity index (χ2n) is 26.7. The summed E-state index contributed by atoms with van der Waals surface area (Å²) in [5.41, 5.74) is 16.8. The van der Waals surface area contributed by atoms with Crippen LogP contribution in [0.3, 0.4) is 0 Å². The van der Waals surface area contributed by atoms with Crippen molar-refractivity contribution in [2.45, 2.75) is 166 Å². The minimum absolute atomic E-state index is 0.00818. The molecule has 0 saturated carbocycles. The molecule has 3 saturated heterocycles. The zero-order valence-corrected chi connectivity index (χ0v) is 63.6. The van der Waals surface area contributed by atoms with Crippen molar-refractivity contribution in [3.05, 3.63) is 179 Å². The number of nitrogens with two attached hydrogens (primary N) is 2. The predicted octanol–water partition coefficient (Wildman–Crippen LogP) is 9.71. The molecule has 9 heterocycles. The molecule has 3 fully saturated rings. The molecule has 588 valence electrons. The summed E-state index contributed by atoms with van der Waals surface area (Å²) in [4.78, 5) is 93.7. The Morgan fingerprint density at radius 2 is 0.936 bits per heavy atom. The second-order valence-corrected chi connectivity index (χ2v) is 36.3. The third kappa shape index (κ3) is 20.3. The highest BCUT2D eigenvalue weighted by Crippen LogP contribution is 2.66. The number of para-hydroxylation sites is 3. The lowest BCUT2D eigenvalue weighted by atomic mass is 10.1. The van der Waals surface area contributed by atoms with E-state index in [1.165, 1.54) is 47.8 Å². The van der Waals surface area contributed by atoms with Gasteiger partial charge in [0.2, 0.25) is 0 Å². The maximum absolute atomic E-state index is 12.0. The molecule has 0 radical (unpaired) electrons. The van der Waals surface area contributed by atoms with Crippen molar-refractivity contribution in [3.63, 3.8) is 0 Å². The molecule has 11 atom stereocenters. The van der Waals surface area contributed by atoms with Crippen LogP contribution in [0.25, 0.3) is 33.1 Å². The summed E-state index contributed by atoms with van der Waals surface area (Å²) in [6, 6.07) is 19.0. The Morgan fingerprint density at radius 3 is 1.34 bits per heavy atom. The number of aromatic nitrogens is 9. The summed E-state index contributed by atoms with van der Waals surface area (Å²) in [6.07, 6.45) is 5.14. The minimum atomic E-state index is -5.72. The van der Waals surface area contributed by atoms with Gasteiger partial charge in [-0.15, -0.1) is 0 Å². The number of nitrogens with zero attached hydrogens (tertiary/aromatic N) is 12. The molecule has 11 N–H and O–H groups in total. The number of phosphoric ester groups is 1. The Morgan fingerprint density at radius 1 is 0.560 bits per heavy atom. The van der Waals surface area contributed by atoms with Crippen molar-refractivity contribution in [2.75, 3.05) is 24.7 Å². The lowest BCUT2D eigenvalue weighted by Crippen LogP contribution is -2.45. The number of hydrogen-bond acceptors (Lipinski definition) is 30. The van der Waals surface area contributed by atoms with Crippen molar-refractivity contribution in [2.24, 2.45) is 0 Å². The fourth-order valence-corrected chi connectivity index (χ4v) is 16.8. The summed E-state index contributed by atoms with van der Waals surface area (Å²) in [7, 11) is -18.7. The third-order valence-corrected chi connectivity index (χ3v) is 27.0. The zero-order chi connectivity index (χ0) is 79.1. The third-order valence-electron chi connectivity index (χ3n) is 18.4. The number of rotatable bonds is 29. The van der Waals surface area contributed by atoms with E-state index in [1.807, 2.05) is 10.8 Å². The van der Waals surface area contributed by atoms with Crippen molar-refractivity contribution in [1.82, 2.24) is 43.6 Å². The fourth-order valence-electron chi connectivity index (χ4n) is 12.2. The first-order valence-corrected chi connectivity index (χ1v) is 41.3. The Labute approximate surface area is 625 Å². The van der Waals surface area contributed by atoms with Gasteiger partial charge in [0.25, 0.3) is 17.1 Å². The van der Waals surface area contributed by atoms with E-state index in [2.05, 4.69) is 83.8 Å². The molecule has 9 aromatic rings. The Bertz CT molecular complexity index is 4920. The number of aliphatic hydroxyl groups is 3. The van der Waals surface area contributed by atoms with Gasteiger partial charge in [0.05, 0.1) is 125 Å². The number of benzene rings is 3. The smallest absolute Gasteiger partial charge is 0.411 e. The number of nitro groups is 3. The maximum atomic E-state index is 12.0. The maximum Gasteiger partial charge on any atom is 0.490 e. The highest BCUT2D eigenvalue weighted by atomic mass is 35.5. The molecule has 12 rings (SSSR count). The molecular weight excluding hydrogens is 1540 g/mol. The van der Waals surface area contributed by atoms with E-state index in [1.54, 1.807) is 65.5 Å². The molecule has 0 bridgehead atoms. The van der Waals surface area contributed by atoms with Crippen LogP contribution in [-0.4, -0.2) is 151 Å². The van der Waals surface area contributed by atoms with Crippen LogP contribution in [0.5, 0.6) is 0 Å². The van der Waals surface area contributed by atoms with Crippen LogP contribution in [0.2, 0.25) is 23.3 Å². The minimum Gasteiger partial charge on any atom is -0.411 e. The van der Waals surface area contributed by atoms with Gasteiger partial charge in [0.1, 0.15) is 83.6 Å². The number of nitro benzene ring substituents is 3. The first-order valence-electron chi connectivity index (χ1n) is 33.5. The number of aliphatic hydroxyl groups excluding tert-OH is 3. The van der Waals surface area contributed by atoms with Gasteiger partial charge in [-0.3, -0.25) is 34.9 Å². The average molecular weight is 1620 g/mol. The molecule has 0 amide bonds. The molecule has 45 heteroatoms. The number of fused-ring (bicyclic) bond motifs is 3. The van der Waals surface area contributed by atoms with Crippen LogP contribution in [0.1, 0.15) is 105 Å². The van der Waals surface area contributed by atoms with Gasteiger partial charge in [-0.1, -0.05) is 75.7 Å². The lowest BCUT2D eigenvalue weighted by molar-refractivity contribution is -0.386. The Hall–Kier alpha value is -8.16. The standard InChI is InChI=1S/C26H35ClN4O5Si.C19H24N5O15P3.C19H21N5O6/c1-7-20-21(36-37(5,6)26(2,3)4)12-22(35-20)30-13-18(23-24(27)28-16-29-25(23)30)15-34-14-17-10-8-9-11-19(17)31(32)33;20-18-17-12(8-35-7-11-3-1-2-4-13(11)24(26)27)6-23(19(17)22-10-21-18)16-5-14(25)15(37-16)9-36-41(31,32)39-42(33,34)38-40(28,29)30;20-18-17-12(9-29-8-11-3-1-2-4-13(11)24(27)28)6-23(19(17)22-10-21-18)16-5-14(26)15(7-25)30-16/h8-11,13,16,20-22H,7,12,14-15H2,1-6H3;1-4,6,10,14-16,25H,5,7-9H2,(H,31,32)(H,33,34)(H2,20,21,22)(H2,28,29,30);1-4,6,10,14-16,25-26H,5,7-9H2,(H2,20,21,22)/t20-,21?,22-;2*14?,15-,16-/m111/s1. The van der Waals surface area contributed by atoms with E-state index < -0.39 is 90.0 Å². The predicted molar refractivity (Wildman–Crippen MR) is 388 cm³/mol. The van der Waals surface area contributed by atoms with Gasteiger partial charge >= 0.3 is 23.5 Å². The second kappa shape index (κ2) is 35.0. The first kappa shape index (κ1) is 83.3. The molecule has 6 aromatic heterocycles.